The summed E-state index contributed by atoms with van der Waals surface area (Å²) in [5.74, 6) is -0.692. The molecule has 0 saturated carbocycles. The minimum absolute atomic E-state index is 0.00336. The normalized spacial score (nSPS) is 10.2. The van der Waals surface area contributed by atoms with Crippen LogP contribution in [0.3, 0.4) is 0 Å². The van der Waals surface area contributed by atoms with E-state index in [1.165, 1.54) is 7.05 Å². The van der Waals surface area contributed by atoms with E-state index in [2.05, 4.69) is 15.6 Å². The molecule has 2 aromatic rings. The van der Waals surface area contributed by atoms with Gasteiger partial charge in [-0.1, -0.05) is 12.1 Å². The Labute approximate surface area is 115 Å². The number of nitrogens with one attached hydrogen (secondary N) is 2. The maximum Gasteiger partial charge on any atom is 0.168 e. The summed E-state index contributed by atoms with van der Waals surface area (Å²) < 4.78 is 31.9. The second kappa shape index (κ2) is 6.18. The van der Waals surface area contributed by atoms with E-state index in [0.717, 1.165) is 17.4 Å². The molecule has 0 atom stereocenters. The highest BCUT2D eigenvalue weighted by molar-refractivity contribution is 5.47. The van der Waals surface area contributed by atoms with Crippen LogP contribution in [-0.4, -0.2) is 19.1 Å². The van der Waals surface area contributed by atoms with Gasteiger partial charge in [0, 0.05) is 19.7 Å². The number of aromatic nitrogens is 1. The van der Waals surface area contributed by atoms with Gasteiger partial charge in [-0.3, -0.25) is 0 Å². The van der Waals surface area contributed by atoms with Gasteiger partial charge in [0.05, 0.1) is 7.11 Å². The van der Waals surface area contributed by atoms with Crippen LogP contribution in [0.25, 0.3) is 0 Å². The van der Waals surface area contributed by atoms with Gasteiger partial charge in [0.15, 0.2) is 23.3 Å². The first-order valence-corrected chi connectivity index (χ1v) is 6.04. The predicted octanol–water partition coefficient (Wildman–Crippen LogP) is 3.02. The molecule has 0 radical (unpaired) electrons. The van der Waals surface area contributed by atoms with Gasteiger partial charge in [0.2, 0.25) is 0 Å². The van der Waals surface area contributed by atoms with Crippen molar-refractivity contribution in [3.8, 4) is 5.75 Å². The van der Waals surface area contributed by atoms with E-state index in [9.17, 15) is 8.78 Å². The molecule has 0 aliphatic heterocycles. The standard InChI is InChI=1S/C14H15F2N3O/c1-17-13-11(15)7-12(16)14(19-13)18-8-9-3-5-10(20-2)6-4-9/h3-7H,8H2,1-2H3,(H2,17,18,19). The van der Waals surface area contributed by atoms with Crippen LogP contribution in [0, 0.1) is 11.6 Å². The molecule has 0 aliphatic carbocycles. The lowest BCUT2D eigenvalue weighted by Gasteiger charge is -2.10. The van der Waals surface area contributed by atoms with E-state index in [4.69, 9.17) is 4.74 Å². The Hall–Kier alpha value is -2.37. The van der Waals surface area contributed by atoms with Crippen molar-refractivity contribution >= 4 is 11.6 Å². The Balaban J connectivity index is 2.09. The van der Waals surface area contributed by atoms with Crippen LogP contribution in [0.2, 0.25) is 0 Å². The van der Waals surface area contributed by atoms with Crippen molar-refractivity contribution in [1.82, 2.24) is 4.98 Å². The summed E-state index contributed by atoms with van der Waals surface area (Å²) in [6, 6.07) is 8.13. The Kier molecular flexibility index (Phi) is 4.34. The molecule has 0 aliphatic rings. The third-order valence-electron chi connectivity index (χ3n) is 2.79. The van der Waals surface area contributed by atoms with Crippen LogP contribution in [0.4, 0.5) is 20.4 Å². The molecule has 20 heavy (non-hydrogen) atoms. The number of hydrogen-bond donors (Lipinski definition) is 2. The van der Waals surface area contributed by atoms with Crippen molar-refractivity contribution in [2.45, 2.75) is 6.54 Å². The van der Waals surface area contributed by atoms with Gasteiger partial charge in [0.1, 0.15) is 5.75 Å². The SMILES string of the molecule is CNc1nc(NCc2ccc(OC)cc2)c(F)cc1F. The molecule has 0 fully saturated rings. The number of rotatable bonds is 5. The second-order valence-corrected chi connectivity index (χ2v) is 4.10. The lowest BCUT2D eigenvalue weighted by Crippen LogP contribution is -2.07. The Bertz CT molecular complexity index is 588. The number of benzene rings is 1. The first-order chi connectivity index (χ1) is 9.63. The zero-order valence-corrected chi connectivity index (χ0v) is 11.2. The van der Waals surface area contributed by atoms with Crippen LogP contribution in [-0.2, 0) is 6.54 Å². The van der Waals surface area contributed by atoms with Crippen molar-refractivity contribution in [3.05, 3.63) is 47.5 Å². The number of methoxy groups -OCH3 is 1. The molecule has 0 amide bonds. The molecule has 6 heteroatoms. The van der Waals surface area contributed by atoms with E-state index in [0.29, 0.717) is 6.54 Å². The summed E-state index contributed by atoms with van der Waals surface area (Å²) in [5.41, 5.74) is 0.933. The Morgan fingerprint density at radius 1 is 1.10 bits per heavy atom. The minimum atomic E-state index is -0.727. The van der Waals surface area contributed by atoms with Crippen molar-refractivity contribution < 1.29 is 13.5 Å². The number of ether oxygens (including phenoxy) is 1. The summed E-state index contributed by atoms with van der Waals surface area (Å²) in [7, 11) is 3.11. The highest BCUT2D eigenvalue weighted by atomic mass is 19.1. The number of halogens is 2. The molecule has 106 valence electrons. The van der Waals surface area contributed by atoms with E-state index in [1.54, 1.807) is 7.11 Å². The fourth-order valence-electron chi connectivity index (χ4n) is 1.70. The van der Waals surface area contributed by atoms with Gasteiger partial charge < -0.3 is 15.4 Å². The third-order valence-corrected chi connectivity index (χ3v) is 2.79. The molecule has 0 unspecified atom stereocenters. The topological polar surface area (TPSA) is 46.2 Å². The fraction of sp³-hybridized carbons (Fsp3) is 0.214. The van der Waals surface area contributed by atoms with E-state index < -0.39 is 11.6 Å². The maximum absolute atomic E-state index is 13.6. The zero-order chi connectivity index (χ0) is 14.5. The van der Waals surface area contributed by atoms with Gasteiger partial charge in [-0.25, -0.2) is 13.8 Å². The first-order valence-electron chi connectivity index (χ1n) is 6.04. The number of nitrogens with zero attached hydrogens (tertiary/aromatic N) is 1. The summed E-state index contributed by atoms with van der Waals surface area (Å²) in [5, 5.41) is 5.40. The van der Waals surface area contributed by atoms with Crippen LogP contribution in [0.5, 0.6) is 5.75 Å². The van der Waals surface area contributed by atoms with Crippen molar-refractivity contribution in [3.63, 3.8) is 0 Å². The molecule has 1 aromatic carbocycles. The largest absolute Gasteiger partial charge is 0.497 e. The lowest BCUT2D eigenvalue weighted by molar-refractivity contribution is 0.414. The molecule has 4 nitrogen and oxygen atoms in total. The number of hydrogen-bond acceptors (Lipinski definition) is 4. The Morgan fingerprint density at radius 3 is 2.35 bits per heavy atom. The summed E-state index contributed by atoms with van der Waals surface area (Å²) in [6.45, 7) is 0.378. The molecule has 1 aromatic heterocycles. The number of anilines is 2. The molecule has 0 spiro atoms. The molecule has 1 heterocycles. The quantitative estimate of drug-likeness (QED) is 0.883. The van der Waals surface area contributed by atoms with Crippen LogP contribution < -0.4 is 15.4 Å². The summed E-state index contributed by atoms with van der Waals surface area (Å²) in [4.78, 5) is 3.84. The minimum Gasteiger partial charge on any atom is -0.497 e. The Morgan fingerprint density at radius 2 is 1.75 bits per heavy atom. The molecule has 2 rings (SSSR count). The molecule has 0 saturated heterocycles. The van der Waals surface area contributed by atoms with Crippen molar-refractivity contribution in [1.29, 1.82) is 0 Å². The van der Waals surface area contributed by atoms with E-state index in [-0.39, 0.29) is 11.6 Å². The average Bonchev–Trinajstić information content (AvgIpc) is 2.47. The van der Waals surface area contributed by atoms with Gasteiger partial charge in [-0.2, -0.15) is 0 Å². The van der Waals surface area contributed by atoms with Crippen LogP contribution in [0.1, 0.15) is 5.56 Å². The second-order valence-electron chi connectivity index (χ2n) is 4.10. The van der Waals surface area contributed by atoms with Crippen LogP contribution in [0.15, 0.2) is 30.3 Å². The fourth-order valence-corrected chi connectivity index (χ4v) is 1.70. The average molecular weight is 279 g/mol. The smallest absolute Gasteiger partial charge is 0.168 e. The summed E-state index contributed by atoms with van der Waals surface area (Å²) in [6.07, 6.45) is 0. The lowest BCUT2D eigenvalue weighted by atomic mass is 10.2. The highest BCUT2D eigenvalue weighted by Gasteiger charge is 2.10. The van der Waals surface area contributed by atoms with E-state index >= 15 is 0 Å². The highest BCUT2D eigenvalue weighted by Crippen LogP contribution is 2.19. The van der Waals surface area contributed by atoms with Crippen molar-refractivity contribution in [2.75, 3.05) is 24.8 Å². The summed E-state index contributed by atoms with van der Waals surface area (Å²) >= 11 is 0. The van der Waals surface area contributed by atoms with Gasteiger partial charge in [0.25, 0.3) is 0 Å². The third kappa shape index (κ3) is 3.14. The molecular weight excluding hydrogens is 264 g/mol. The number of pyridine rings is 1. The molecular formula is C14H15F2N3O. The van der Waals surface area contributed by atoms with Gasteiger partial charge in [-0.15, -0.1) is 0 Å². The first kappa shape index (κ1) is 14.0. The molecule has 0 bridgehead atoms. The zero-order valence-electron chi connectivity index (χ0n) is 11.2. The van der Waals surface area contributed by atoms with Gasteiger partial charge in [-0.05, 0) is 17.7 Å². The van der Waals surface area contributed by atoms with Crippen LogP contribution >= 0.6 is 0 Å². The predicted molar refractivity (Wildman–Crippen MR) is 74.0 cm³/mol. The molecule has 2 N–H and O–H groups in total. The monoisotopic (exact) mass is 279 g/mol. The van der Waals surface area contributed by atoms with Crippen molar-refractivity contribution in [2.24, 2.45) is 0 Å². The van der Waals surface area contributed by atoms with E-state index in [1.807, 2.05) is 24.3 Å². The maximum atomic E-state index is 13.6. The van der Waals surface area contributed by atoms with Gasteiger partial charge >= 0.3 is 0 Å².